The normalized spacial score (nSPS) is 29.7. The number of rotatable bonds is 9. The molecule has 1 N–H and O–H groups in total. The SMILES string of the molecule is C=CCN(C(=O)C1N([C@@H](CC)CO)C(=O)[C@@H]2[C@H](C(=O)OCC)[C@@H]3CCC12O3)c1c(C)cccc1C. The number of esters is 1. The largest absolute Gasteiger partial charge is 0.466 e. The third-order valence-electron chi connectivity index (χ3n) is 7.89. The number of nitrogens with zero attached hydrogens (tertiary/aromatic N) is 2. The molecule has 3 aliphatic heterocycles. The Hall–Kier alpha value is -2.71. The van der Waals surface area contributed by atoms with Gasteiger partial charge in [-0.2, -0.15) is 0 Å². The number of carbonyl (C=O) groups is 3. The van der Waals surface area contributed by atoms with Crippen molar-refractivity contribution in [3.8, 4) is 0 Å². The summed E-state index contributed by atoms with van der Waals surface area (Å²) in [6, 6.07) is 4.31. The second-order valence-corrected chi connectivity index (χ2v) is 9.78. The van der Waals surface area contributed by atoms with Crippen LogP contribution in [0.4, 0.5) is 5.69 Å². The van der Waals surface area contributed by atoms with E-state index < -0.39 is 41.6 Å². The molecule has 2 amide bonds. The van der Waals surface area contributed by atoms with Crippen molar-refractivity contribution >= 4 is 23.5 Å². The molecule has 3 saturated heterocycles. The summed E-state index contributed by atoms with van der Waals surface area (Å²) in [6.07, 6.45) is 2.74. The predicted molar refractivity (Wildman–Crippen MR) is 131 cm³/mol. The highest BCUT2D eigenvalue weighted by Crippen LogP contribution is 2.59. The molecule has 3 heterocycles. The standard InChI is InChI=1S/C27H36N2O6/c1-6-14-28(22-16(4)10-9-11-17(22)5)25(32)23-27-13-12-19(35-27)20(26(33)34-8-3)21(27)24(31)29(23)18(7-2)15-30/h6,9-11,18-21,23,30H,1,7-8,12-15H2,2-5H3/t18-,19-,20+,21-,23?,27?/m0/s1. The Morgan fingerprint density at radius 1 is 1.34 bits per heavy atom. The minimum atomic E-state index is -1.13. The summed E-state index contributed by atoms with van der Waals surface area (Å²) in [5.74, 6) is -2.61. The van der Waals surface area contributed by atoms with Gasteiger partial charge in [-0.05, 0) is 51.2 Å². The van der Waals surface area contributed by atoms with E-state index in [-0.39, 0.29) is 31.6 Å². The first-order valence-corrected chi connectivity index (χ1v) is 12.5. The number of para-hydroxylation sites is 1. The first kappa shape index (κ1) is 25.4. The summed E-state index contributed by atoms with van der Waals surface area (Å²) < 4.78 is 11.8. The summed E-state index contributed by atoms with van der Waals surface area (Å²) in [6.45, 7) is 11.5. The highest BCUT2D eigenvalue weighted by Gasteiger charge is 2.75. The van der Waals surface area contributed by atoms with Gasteiger partial charge in [0.2, 0.25) is 5.91 Å². The maximum atomic E-state index is 14.5. The molecular formula is C27H36N2O6. The van der Waals surface area contributed by atoms with Gasteiger partial charge >= 0.3 is 5.97 Å². The minimum absolute atomic E-state index is 0.204. The van der Waals surface area contributed by atoms with Crippen LogP contribution in [0.15, 0.2) is 30.9 Å². The minimum Gasteiger partial charge on any atom is -0.466 e. The van der Waals surface area contributed by atoms with Crippen LogP contribution in [0.1, 0.15) is 44.2 Å². The Labute approximate surface area is 206 Å². The predicted octanol–water partition coefficient (Wildman–Crippen LogP) is 2.53. The molecule has 4 rings (SSSR count). The van der Waals surface area contributed by atoms with Gasteiger partial charge < -0.3 is 24.4 Å². The topological polar surface area (TPSA) is 96.4 Å². The lowest BCUT2D eigenvalue weighted by atomic mass is 9.70. The van der Waals surface area contributed by atoms with Crippen molar-refractivity contribution in [1.82, 2.24) is 4.90 Å². The van der Waals surface area contributed by atoms with E-state index in [4.69, 9.17) is 9.47 Å². The molecule has 2 unspecified atom stereocenters. The number of benzene rings is 1. The molecule has 2 bridgehead atoms. The van der Waals surface area contributed by atoms with Crippen LogP contribution in [0.3, 0.4) is 0 Å². The lowest BCUT2D eigenvalue weighted by molar-refractivity contribution is -0.155. The van der Waals surface area contributed by atoms with Gasteiger partial charge in [0.15, 0.2) is 0 Å². The van der Waals surface area contributed by atoms with E-state index in [9.17, 15) is 19.5 Å². The molecule has 1 aromatic rings. The van der Waals surface area contributed by atoms with Crippen LogP contribution in [-0.2, 0) is 23.9 Å². The number of amides is 2. The maximum absolute atomic E-state index is 14.5. The van der Waals surface area contributed by atoms with Gasteiger partial charge in [0, 0.05) is 12.2 Å². The van der Waals surface area contributed by atoms with Crippen molar-refractivity contribution in [2.45, 2.75) is 70.7 Å². The highest BCUT2D eigenvalue weighted by molar-refractivity contribution is 6.05. The molecule has 3 aliphatic rings. The first-order chi connectivity index (χ1) is 16.8. The summed E-state index contributed by atoms with van der Waals surface area (Å²) >= 11 is 0. The van der Waals surface area contributed by atoms with Crippen molar-refractivity contribution in [3.05, 3.63) is 42.0 Å². The number of carbonyl (C=O) groups excluding carboxylic acids is 3. The number of likely N-dealkylation sites (tertiary alicyclic amines) is 1. The van der Waals surface area contributed by atoms with E-state index in [1.165, 1.54) is 4.90 Å². The molecule has 0 saturated carbocycles. The Morgan fingerprint density at radius 2 is 2.03 bits per heavy atom. The van der Waals surface area contributed by atoms with Crippen molar-refractivity contribution in [2.75, 3.05) is 24.7 Å². The van der Waals surface area contributed by atoms with Crippen molar-refractivity contribution in [1.29, 1.82) is 0 Å². The Kier molecular flexibility index (Phi) is 7.06. The van der Waals surface area contributed by atoms with Crippen LogP contribution in [0.2, 0.25) is 0 Å². The average molecular weight is 485 g/mol. The number of aliphatic hydroxyl groups excluding tert-OH is 1. The van der Waals surface area contributed by atoms with E-state index in [0.29, 0.717) is 19.3 Å². The van der Waals surface area contributed by atoms with Gasteiger partial charge in [0.05, 0.1) is 37.2 Å². The number of hydrogen-bond acceptors (Lipinski definition) is 6. The summed E-state index contributed by atoms with van der Waals surface area (Å²) in [4.78, 5) is 44.5. The zero-order valence-electron chi connectivity index (χ0n) is 21.0. The lowest BCUT2D eigenvalue weighted by Gasteiger charge is -2.39. The number of aliphatic hydroxyl groups is 1. The van der Waals surface area contributed by atoms with Crippen LogP contribution in [0.25, 0.3) is 0 Å². The second-order valence-electron chi connectivity index (χ2n) is 9.78. The van der Waals surface area contributed by atoms with Crippen molar-refractivity contribution in [3.63, 3.8) is 0 Å². The first-order valence-electron chi connectivity index (χ1n) is 12.5. The number of aryl methyl sites for hydroxylation is 2. The maximum Gasteiger partial charge on any atom is 0.312 e. The van der Waals surface area contributed by atoms with Gasteiger partial charge in [0.25, 0.3) is 5.91 Å². The molecule has 1 spiro atoms. The van der Waals surface area contributed by atoms with Crippen molar-refractivity contribution < 1.29 is 29.0 Å². The van der Waals surface area contributed by atoms with Crippen LogP contribution in [0.5, 0.6) is 0 Å². The number of ether oxygens (including phenoxy) is 2. The quantitative estimate of drug-likeness (QED) is 0.428. The summed E-state index contributed by atoms with van der Waals surface area (Å²) in [7, 11) is 0. The monoisotopic (exact) mass is 484 g/mol. The zero-order valence-corrected chi connectivity index (χ0v) is 21.0. The van der Waals surface area contributed by atoms with Crippen molar-refractivity contribution in [2.24, 2.45) is 11.8 Å². The van der Waals surface area contributed by atoms with Crippen LogP contribution in [-0.4, -0.2) is 71.3 Å². The van der Waals surface area contributed by atoms with Gasteiger partial charge in [-0.1, -0.05) is 31.2 Å². The van der Waals surface area contributed by atoms with Crippen LogP contribution >= 0.6 is 0 Å². The zero-order chi connectivity index (χ0) is 25.5. The molecule has 35 heavy (non-hydrogen) atoms. The molecule has 190 valence electrons. The molecule has 8 heteroatoms. The fraction of sp³-hybridized carbons (Fsp3) is 0.593. The molecule has 0 aliphatic carbocycles. The van der Waals surface area contributed by atoms with E-state index in [0.717, 1.165) is 16.8 Å². The van der Waals surface area contributed by atoms with E-state index in [1.54, 1.807) is 17.9 Å². The average Bonchev–Trinajstić information content (AvgIpc) is 3.47. The van der Waals surface area contributed by atoms with Crippen LogP contribution < -0.4 is 4.90 Å². The molecule has 8 nitrogen and oxygen atoms in total. The fourth-order valence-corrected chi connectivity index (χ4v) is 6.48. The molecule has 0 radical (unpaired) electrons. The molecular weight excluding hydrogens is 448 g/mol. The number of anilines is 1. The lowest BCUT2D eigenvalue weighted by Crippen LogP contribution is -2.59. The van der Waals surface area contributed by atoms with Gasteiger partial charge in [-0.25, -0.2) is 0 Å². The Bertz CT molecular complexity index is 1000. The summed E-state index contributed by atoms with van der Waals surface area (Å²) in [5, 5.41) is 10.2. The van der Waals surface area contributed by atoms with E-state index >= 15 is 0 Å². The molecule has 0 aromatic heterocycles. The Balaban J connectivity index is 1.84. The fourth-order valence-electron chi connectivity index (χ4n) is 6.48. The highest BCUT2D eigenvalue weighted by atomic mass is 16.6. The van der Waals surface area contributed by atoms with Gasteiger partial charge in [-0.15, -0.1) is 6.58 Å². The van der Waals surface area contributed by atoms with E-state index in [1.807, 2.05) is 39.0 Å². The van der Waals surface area contributed by atoms with Crippen LogP contribution in [0, 0.1) is 25.7 Å². The smallest absolute Gasteiger partial charge is 0.312 e. The summed E-state index contributed by atoms with van der Waals surface area (Å²) in [5.41, 5.74) is 1.51. The molecule has 6 atom stereocenters. The Morgan fingerprint density at radius 3 is 2.60 bits per heavy atom. The number of fused-ring (bicyclic) bond motifs is 1. The third kappa shape index (κ3) is 3.78. The molecule has 3 fully saturated rings. The van der Waals surface area contributed by atoms with E-state index in [2.05, 4.69) is 6.58 Å². The second kappa shape index (κ2) is 9.74. The molecule has 1 aromatic carbocycles. The van der Waals surface area contributed by atoms with Gasteiger partial charge in [0.1, 0.15) is 11.6 Å². The van der Waals surface area contributed by atoms with Gasteiger partial charge in [-0.3, -0.25) is 14.4 Å². The third-order valence-corrected chi connectivity index (χ3v) is 7.89. The number of hydrogen-bond donors (Lipinski definition) is 1.